The fourth-order valence-electron chi connectivity index (χ4n) is 2.59. The van der Waals surface area contributed by atoms with E-state index in [0.717, 1.165) is 22.6 Å². The van der Waals surface area contributed by atoms with Crippen LogP contribution >= 0.6 is 0 Å². The second-order valence-corrected chi connectivity index (χ2v) is 6.16. The fourth-order valence-corrected chi connectivity index (χ4v) is 2.59. The van der Waals surface area contributed by atoms with Crippen molar-refractivity contribution in [3.63, 3.8) is 0 Å². The second kappa shape index (κ2) is 8.48. The molecule has 0 aliphatic rings. The number of amides is 2. The van der Waals surface area contributed by atoms with Crippen molar-refractivity contribution in [2.24, 2.45) is 0 Å². The number of hydrogen-bond donors (Lipinski definition) is 3. The van der Waals surface area contributed by atoms with E-state index in [0.29, 0.717) is 0 Å². The van der Waals surface area contributed by atoms with E-state index < -0.39 is 6.04 Å². The Morgan fingerprint density at radius 1 is 1.08 bits per heavy atom. The molecule has 2 atom stereocenters. The summed E-state index contributed by atoms with van der Waals surface area (Å²) in [6, 6.07) is 8.91. The number of rotatable bonds is 7. The Morgan fingerprint density at radius 3 is 2.36 bits per heavy atom. The third-order valence-electron chi connectivity index (χ3n) is 4.03. The molecule has 0 aliphatic heterocycles. The number of nitrogens with one attached hydrogen (secondary N) is 3. The van der Waals surface area contributed by atoms with Crippen LogP contribution in [0, 0.1) is 13.8 Å². The van der Waals surface area contributed by atoms with Crippen LogP contribution in [0.5, 0.6) is 0 Å². The van der Waals surface area contributed by atoms with Crippen molar-refractivity contribution in [2.45, 2.75) is 39.8 Å². The molecule has 0 unspecified atom stereocenters. The lowest BCUT2D eigenvalue weighted by Gasteiger charge is -2.18. The lowest BCUT2D eigenvalue weighted by molar-refractivity contribution is -0.125. The van der Waals surface area contributed by atoms with Crippen molar-refractivity contribution in [2.75, 3.05) is 11.9 Å². The highest BCUT2D eigenvalue weighted by Crippen LogP contribution is 2.19. The molecular weight excluding hydrogens is 318 g/mol. The summed E-state index contributed by atoms with van der Waals surface area (Å²) in [7, 11) is 0. The van der Waals surface area contributed by atoms with E-state index in [4.69, 9.17) is 4.42 Å². The quantitative estimate of drug-likeness (QED) is 0.722. The van der Waals surface area contributed by atoms with E-state index in [2.05, 4.69) is 16.0 Å². The number of anilines is 1. The minimum atomic E-state index is -0.451. The topological polar surface area (TPSA) is 83.4 Å². The number of carbonyl (C=O) groups excluding carboxylic acids is 2. The monoisotopic (exact) mass is 343 g/mol. The first kappa shape index (κ1) is 18.7. The standard InChI is InChI=1S/C19H25N3O3/c1-12-7-5-8-13(2)18(12)22-17(23)11-20-19(24)15(4)21-14(3)16-9-6-10-25-16/h5-10,14-15,21H,11H2,1-4H3,(H,20,24)(H,22,23)/t14-,15-/m0/s1. The van der Waals surface area contributed by atoms with E-state index in [1.807, 2.05) is 45.0 Å². The van der Waals surface area contributed by atoms with E-state index >= 15 is 0 Å². The van der Waals surface area contributed by atoms with Crippen LogP contribution in [0.15, 0.2) is 41.0 Å². The van der Waals surface area contributed by atoms with Gasteiger partial charge in [0, 0.05) is 5.69 Å². The summed E-state index contributed by atoms with van der Waals surface area (Å²) >= 11 is 0. The summed E-state index contributed by atoms with van der Waals surface area (Å²) in [4.78, 5) is 24.2. The van der Waals surface area contributed by atoms with Crippen LogP contribution in [-0.4, -0.2) is 24.4 Å². The highest BCUT2D eigenvalue weighted by Gasteiger charge is 2.18. The molecule has 0 bridgehead atoms. The molecular formula is C19H25N3O3. The Labute approximate surface area is 148 Å². The minimum absolute atomic E-state index is 0.0756. The first-order valence-electron chi connectivity index (χ1n) is 8.31. The maximum absolute atomic E-state index is 12.2. The van der Waals surface area contributed by atoms with Gasteiger partial charge in [-0.3, -0.25) is 14.9 Å². The molecule has 1 heterocycles. The molecule has 2 amide bonds. The molecule has 2 aromatic rings. The van der Waals surface area contributed by atoms with Gasteiger partial charge in [0.2, 0.25) is 11.8 Å². The number of aryl methyl sites for hydroxylation is 2. The SMILES string of the molecule is Cc1cccc(C)c1NC(=O)CNC(=O)[C@H](C)N[C@@H](C)c1ccco1. The zero-order valence-electron chi connectivity index (χ0n) is 15.1. The van der Waals surface area contributed by atoms with Crippen molar-refractivity contribution in [1.82, 2.24) is 10.6 Å². The molecule has 6 heteroatoms. The van der Waals surface area contributed by atoms with Gasteiger partial charge in [0.05, 0.1) is 24.9 Å². The molecule has 0 saturated heterocycles. The van der Waals surface area contributed by atoms with E-state index in [-0.39, 0.29) is 24.4 Å². The summed E-state index contributed by atoms with van der Waals surface area (Å²) in [5.41, 5.74) is 2.77. The first-order valence-corrected chi connectivity index (χ1v) is 8.31. The molecule has 1 aromatic carbocycles. The third-order valence-corrected chi connectivity index (χ3v) is 4.03. The molecule has 0 spiro atoms. The van der Waals surface area contributed by atoms with Crippen LogP contribution in [0.3, 0.4) is 0 Å². The van der Waals surface area contributed by atoms with Gasteiger partial charge in [0.25, 0.3) is 0 Å². The van der Waals surface area contributed by atoms with E-state index in [9.17, 15) is 9.59 Å². The van der Waals surface area contributed by atoms with Crippen molar-refractivity contribution >= 4 is 17.5 Å². The zero-order valence-corrected chi connectivity index (χ0v) is 15.1. The van der Waals surface area contributed by atoms with Gasteiger partial charge < -0.3 is 15.1 Å². The average molecular weight is 343 g/mol. The predicted molar refractivity (Wildman–Crippen MR) is 97.3 cm³/mol. The van der Waals surface area contributed by atoms with Gasteiger partial charge in [-0.2, -0.15) is 0 Å². The summed E-state index contributed by atoms with van der Waals surface area (Å²) in [5.74, 6) is 0.263. The number of hydrogen-bond acceptors (Lipinski definition) is 4. The Hall–Kier alpha value is -2.60. The van der Waals surface area contributed by atoms with Crippen LogP contribution in [0.1, 0.15) is 36.8 Å². The molecule has 25 heavy (non-hydrogen) atoms. The molecule has 134 valence electrons. The van der Waals surface area contributed by atoms with E-state index in [1.165, 1.54) is 0 Å². The van der Waals surface area contributed by atoms with Crippen molar-refractivity contribution in [3.05, 3.63) is 53.5 Å². The number of carbonyl (C=O) groups is 2. The smallest absolute Gasteiger partial charge is 0.243 e. The fraction of sp³-hybridized carbons (Fsp3) is 0.368. The maximum atomic E-state index is 12.2. The van der Waals surface area contributed by atoms with Crippen LogP contribution in [0.4, 0.5) is 5.69 Å². The molecule has 6 nitrogen and oxygen atoms in total. The Kier molecular flexibility index (Phi) is 6.36. The van der Waals surface area contributed by atoms with Crippen LogP contribution < -0.4 is 16.0 Å². The first-order chi connectivity index (χ1) is 11.9. The van der Waals surface area contributed by atoms with Gasteiger partial charge >= 0.3 is 0 Å². The van der Waals surface area contributed by atoms with Crippen LogP contribution in [0.25, 0.3) is 0 Å². The highest BCUT2D eigenvalue weighted by atomic mass is 16.3. The highest BCUT2D eigenvalue weighted by molar-refractivity contribution is 5.96. The molecule has 0 radical (unpaired) electrons. The van der Waals surface area contributed by atoms with Gasteiger partial charge in [-0.25, -0.2) is 0 Å². The maximum Gasteiger partial charge on any atom is 0.243 e. The molecule has 1 aromatic heterocycles. The molecule has 0 saturated carbocycles. The Balaban J connectivity index is 1.81. The van der Waals surface area contributed by atoms with Gasteiger partial charge in [-0.05, 0) is 51.0 Å². The largest absolute Gasteiger partial charge is 0.468 e. The molecule has 0 fully saturated rings. The number of para-hydroxylation sites is 1. The number of furan rings is 1. The molecule has 2 rings (SSSR count). The van der Waals surface area contributed by atoms with Crippen molar-refractivity contribution in [3.8, 4) is 0 Å². The van der Waals surface area contributed by atoms with Crippen molar-refractivity contribution in [1.29, 1.82) is 0 Å². The summed E-state index contributed by atoms with van der Waals surface area (Å²) in [6.45, 7) is 7.45. The lowest BCUT2D eigenvalue weighted by atomic mass is 10.1. The molecule has 0 aliphatic carbocycles. The average Bonchev–Trinajstić information content (AvgIpc) is 3.10. The van der Waals surface area contributed by atoms with Gasteiger partial charge in [-0.1, -0.05) is 18.2 Å². The summed E-state index contributed by atoms with van der Waals surface area (Å²) in [6.07, 6.45) is 1.59. The third kappa shape index (κ3) is 5.19. The minimum Gasteiger partial charge on any atom is -0.468 e. The Morgan fingerprint density at radius 2 is 1.76 bits per heavy atom. The Bertz CT molecular complexity index is 705. The number of benzene rings is 1. The van der Waals surface area contributed by atoms with Crippen molar-refractivity contribution < 1.29 is 14.0 Å². The zero-order chi connectivity index (χ0) is 18.4. The van der Waals surface area contributed by atoms with Crippen LogP contribution in [-0.2, 0) is 9.59 Å². The van der Waals surface area contributed by atoms with Gasteiger partial charge in [-0.15, -0.1) is 0 Å². The summed E-state index contributed by atoms with van der Waals surface area (Å²) < 4.78 is 5.30. The summed E-state index contributed by atoms with van der Waals surface area (Å²) in [5, 5.41) is 8.63. The van der Waals surface area contributed by atoms with Crippen LogP contribution in [0.2, 0.25) is 0 Å². The predicted octanol–water partition coefficient (Wildman–Crippen LogP) is 2.69. The van der Waals surface area contributed by atoms with E-state index in [1.54, 1.807) is 19.3 Å². The van der Waals surface area contributed by atoms with Gasteiger partial charge in [0.1, 0.15) is 5.76 Å². The normalized spacial score (nSPS) is 13.1. The second-order valence-electron chi connectivity index (χ2n) is 6.16. The molecule has 3 N–H and O–H groups in total. The lowest BCUT2D eigenvalue weighted by Crippen LogP contribution is -2.45. The van der Waals surface area contributed by atoms with Gasteiger partial charge in [0.15, 0.2) is 0 Å².